The Morgan fingerprint density at radius 2 is 1.96 bits per heavy atom. The van der Waals surface area contributed by atoms with Gasteiger partial charge in [0.1, 0.15) is 5.82 Å². The zero-order chi connectivity index (χ0) is 19.6. The van der Waals surface area contributed by atoms with Crippen LogP contribution in [0.4, 0.5) is 17.6 Å². The van der Waals surface area contributed by atoms with Gasteiger partial charge in [-0.05, 0) is 25.0 Å². The van der Waals surface area contributed by atoms with E-state index in [-0.39, 0.29) is 34.5 Å². The first-order valence-corrected chi connectivity index (χ1v) is 7.83. The number of nitrogens with zero attached hydrogens (tertiary/aromatic N) is 1. The molecule has 2 aromatic rings. The van der Waals surface area contributed by atoms with Gasteiger partial charge in [0, 0.05) is 11.6 Å². The first-order valence-electron chi connectivity index (χ1n) is 7.83. The molecule has 1 unspecified atom stereocenters. The third kappa shape index (κ3) is 4.04. The Morgan fingerprint density at radius 1 is 1.31 bits per heavy atom. The van der Waals surface area contributed by atoms with Crippen molar-refractivity contribution < 1.29 is 32.0 Å². The molecule has 0 saturated carbocycles. The number of hydrogen-bond donors (Lipinski definition) is 2. The number of aliphatic hydroxyl groups excluding tert-OH is 1. The van der Waals surface area contributed by atoms with E-state index in [4.69, 9.17) is 4.52 Å². The van der Waals surface area contributed by atoms with Gasteiger partial charge >= 0.3 is 6.18 Å². The molecule has 9 heteroatoms. The van der Waals surface area contributed by atoms with Crippen molar-refractivity contribution in [2.45, 2.75) is 39.6 Å². The van der Waals surface area contributed by atoms with Crippen molar-refractivity contribution in [1.82, 2.24) is 10.5 Å². The van der Waals surface area contributed by atoms with Crippen LogP contribution in [0.15, 0.2) is 22.7 Å². The highest BCUT2D eigenvalue weighted by Crippen LogP contribution is 2.34. The molecule has 0 fully saturated rings. The van der Waals surface area contributed by atoms with E-state index in [1.165, 1.54) is 0 Å². The second-order valence-corrected chi connectivity index (χ2v) is 6.20. The lowest BCUT2D eigenvalue weighted by Gasteiger charge is -2.16. The Kier molecular flexibility index (Phi) is 5.70. The first-order chi connectivity index (χ1) is 12.1. The summed E-state index contributed by atoms with van der Waals surface area (Å²) in [6, 6.07) is 2.00. The molecule has 5 nitrogen and oxygen atoms in total. The molecule has 1 heterocycles. The molecule has 0 radical (unpaired) electrons. The zero-order valence-corrected chi connectivity index (χ0v) is 14.3. The summed E-state index contributed by atoms with van der Waals surface area (Å²) >= 11 is 0. The summed E-state index contributed by atoms with van der Waals surface area (Å²) in [6.45, 7) is 4.93. The van der Waals surface area contributed by atoms with Crippen molar-refractivity contribution in [2.24, 2.45) is 5.92 Å². The van der Waals surface area contributed by atoms with Crippen LogP contribution in [-0.2, 0) is 12.8 Å². The molecule has 1 atom stereocenters. The average molecular weight is 374 g/mol. The Labute approximate surface area is 147 Å². The maximum atomic E-state index is 13.8. The Hall–Kier alpha value is -2.42. The van der Waals surface area contributed by atoms with E-state index in [0.29, 0.717) is 12.1 Å². The van der Waals surface area contributed by atoms with Gasteiger partial charge in [-0.25, -0.2) is 4.39 Å². The fourth-order valence-corrected chi connectivity index (χ4v) is 2.19. The Bertz CT molecular complexity index is 800. The molecule has 1 amide bonds. The van der Waals surface area contributed by atoms with E-state index in [1.54, 1.807) is 6.92 Å². The summed E-state index contributed by atoms with van der Waals surface area (Å²) in [6.07, 6.45) is -4.83. The molecule has 2 rings (SSSR count). The number of amides is 1. The first kappa shape index (κ1) is 19.9. The van der Waals surface area contributed by atoms with Gasteiger partial charge in [-0.15, -0.1) is 0 Å². The molecule has 1 aromatic carbocycles. The van der Waals surface area contributed by atoms with Gasteiger partial charge < -0.3 is 14.9 Å². The van der Waals surface area contributed by atoms with Gasteiger partial charge in [-0.3, -0.25) is 4.79 Å². The van der Waals surface area contributed by atoms with Crippen LogP contribution in [0.25, 0.3) is 11.3 Å². The van der Waals surface area contributed by atoms with Gasteiger partial charge in [-0.2, -0.15) is 13.2 Å². The molecule has 0 aliphatic carbocycles. The summed E-state index contributed by atoms with van der Waals surface area (Å²) in [4.78, 5) is 12.3. The molecule has 142 valence electrons. The minimum atomic E-state index is -4.83. The van der Waals surface area contributed by atoms with Crippen LogP contribution < -0.4 is 5.32 Å². The molecular weight excluding hydrogens is 356 g/mol. The highest BCUT2D eigenvalue weighted by atomic mass is 19.4. The van der Waals surface area contributed by atoms with E-state index in [0.717, 1.165) is 6.07 Å². The largest absolute Gasteiger partial charge is 0.419 e. The fraction of sp³-hybridized carbons (Fsp3) is 0.412. The van der Waals surface area contributed by atoms with Crippen LogP contribution in [0.2, 0.25) is 0 Å². The third-order valence-corrected chi connectivity index (χ3v) is 4.06. The summed E-state index contributed by atoms with van der Waals surface area (Å²) in [5.74, 6) is -2.11. The van der Waals surface area contributed by atoms with Crippen LogP contribution in [0.1, 0.15) is 42.4 Å². The highest BCUT2D eigenvalue weighted by molar-refractivity contribution is 5.95. The quantitative estimate of drug-likeness (QED) is 0.782. The van der Waals surface area contributed by atoms with Gasteiger partial charge in [0.2, 0.25) is 0 Å². The van der Waals surface area contributed by atoms with Crippen molar-refractivity contribution in [3.05, 3.63) is 40.8 Å². The predicted molar refractivity (Wildman–Crippen MR) is 84.6 cm³/mol. The SMILES string of the molecule is CC(C)C(C)NC(=O)c1noc(-c2ccc(C(F)(F)F)c(F)c2)c1CO. The molecule has 1 aromatic heterocycles. The molecule has 0 bridgehead atoms. The number of aromatic nitrogens is 1. The Morgan fingerprint density at radius 3 is 2.46 bits per heavy atom. The van der Waals surface area contributed by atoms with Crippen LogP contribution in [0.3, 0.4) is 0 Å². The maximum absolute atomic E-state index is 13.8. The van der Waals surface area contributed by atoms with Gasteiger partial charge in [0.25, 0.3) is 5.91 Å². The summed E-state index contributed by atoms with van der Waals surface area (Å²) in [7, 11) is 0. The van der Waals surface area contributed by atoms with E-state index in [9.17, 15) is 27.5 Å². The third-order valence-electron chi connectivity index (χ3n) is 4.06. The molecule has 0 saturated heterocycles. The van der Waals surface area contributed by atoms with Crippen molar-refractivity contribution in [2.75, 3.05) is 0 Å². The topological polar surface area (TPSA) is 75.4 Å². The number of nitrogens with one attached hydrogen (secondary N) is 1. The fourth-order valence-electron chi connectivity index (χ4n) is 2.19. The Balaban J connectivity index is 2.39. The van der Waals surface area contributed by atoms with Crippen LogP contribution in [0.5, 0.6) is 0 Å². The highest BCUT2D eigenvalue weighted by Gasteiger charge is 2.34. The number of aliphatic hydroxyl groups is 1. The van der Waals surface area contributed by atoms with Crippen molar-refractivity contribution >= 4 is 5.91 Å². The second kappa shape index (κ2) is 7.45. The second-order valence-electron chi connectivity index (χ2n) is 6.20. The number of alkyl halides is 3. The normalized spacial score (nSPS) is 13.1. The zero-order valence-electron chi connectivity index (χ0n) is 14.3. The van der Waals surface area contributed by atoms with Gasteiger partial charge in [-0.1, -0.05) is 25.1 Å². The van der Waals surface area contributed by atoms with Crippen LogP contribution >= 0.6 is 0 Å². The molecular formula is C17H18F4N2O3. The molecule has 26 heavy (non-hydrogen) atoms. The van der Waals surface area contributed by atoms with E-state index in [2.05, 4.69) is 10.5 Å². The lowest BCUT2D eigenvalue weighted by molar-refractivity contribution is -0.139. The lowest BCUT2D eigenvalue weighted by Crippen LogP contribution is -2.36. The maximum Gasteiger partial charge on any atom is 0.419 e. The van der Waals surface area contributed by atoms with E-state index in [1.807, 2.05) is 13.8 Å². The van der Waals surface area contributed by atoms with Gasteiger partial charge in [0.05, 0.1) is 17.7 Å². The number of rotatable bonds is 5. The van der Waals surface area contributed by atoms with E-state index >= 15 is 0 Å². The molecule has 2 N–H and O–H groups in total. The number of hydrogen-bond acceptors (Lipinski definition) is 4. The van der Waals surface area contributed by atoms with Crippen molar-refractivity contribution in [1.29, 1.82) is 0 Å². The summed E-state index contributed by atoms with van der Waals surface area (Å²) in [5.41, 5.74) is -1.72. The number of carbonyl (C=O) groups is 1. The average Bonchev–Trinajstić information content (AvgIpc) is 2.97. The molecule has 0 aliphatic heterocycles. The number of halogens is 4. The summed E-state index contributed by atoms with van der Waals surface area (Å²) < 4.78 is 56.7. The lowest BCUT2D eigenvalue weighted by atomic mass is 10.0. The minimum Gasteiger partial charge on any atom is -0.391 e. The molecule has 0 spiro atoms. The summed E-state index contributed by atoms with van der Waals surface area (Å²) in [5, 5.41) is 15.8. The smallest absolute Gasteiger partial charge is 0.391 e. The minimum absolute atomic E-state index is 0.0300. The predicted octanol–water partition coefficient (Wildman–Crippen LogP) is 3.77. The van der Waals surface area contributed by atoms with Gasteiger partial charge in [0.15, 0.2) is 11.5 Å². The monoisotopic (exact) mass is 374 g/mol. The van der Waals surface area contributed by atoms with Crippen LogP contribution in [-0.4, -0.2) is 22.2 Å². The number of benzene rings is 1. The van der Waals surface area contributed by atoms with Crippen molar-refractivity contribution in [3.63, 3.8) is 0 Å². The standard InChI is InChI=1S/C17H18F4N2O3/c1-8(2)9(3)22-16(25)14-11(7-24)15(26-23-14)10-4-5-12(13(18)6-10)17(19,20)21/h4-6,8-9,24H,7H2,1-3H3,(H,22,25). The number of carbonyl (C=O) groups excluding carboxylic acids is 1. The van der Waals surface area contributed by atoms with Crippen molar-refractivity contribution in [3.8, 4) is 11.3 Å². The van der Waals surface area contributed by atoms with E-state index < -0.39 is 30.1 Å². The van der Waals surface area contributed by atoms with Crippen LogP contribution in [0, 0.1) is 11.7 Å². The molecule has 0 aliphatic rings.